The molecule has 0 saturated carbocycles. The largest absolute Gasteiger partial charge is 0.481 e. The van der Waals surface area contributed by atoms with E-state index in [1.807, 2.05) is 0 Å². The summed E-state index contributed by atoms with van der Waals surface area (Å²) in [5.74, 6) is 2.13. The van der Waals surface area contributed by atoms with Gasteiger partial charge in [-0.1, -0.05) is 224 Å². The Morgan fingerprint density at radius 3 is 0.772 bits per heavy atom. The molecule has 0 aromatic carbocycles. The Morgan fingerprint density at radius 1 is 0.316 bits per heavy atom. The number of carbonyl (C=O) groups is 1. The molecule has 0 rings (SSSR count). The Labute approximate surface area is 364 Å². The lowest BCUT2D eigenvalue weighted by Crippen LogP contribution is -1.93. The number of rotatable bonds is 47. The van der Waals surface area contributed by atoms with Crippen LogP contribution in [0.2, 0.25) is 0 Å². The minimum Gasteiger partial charge on any atom is -0.481 e. The number of hydrogen-bond acceptors (Lipinski definition) is 2. The quantitative estimate of drug-likeness (QED) is 0.0491. The van der Waals surface area contributed by atoms with Crippen LogP contribution in [-0.4, -0.2) is 22.6 Å². The molecule has 0 atom stereocenters. The maximum absolute atomic E-state index is 10.3. The van der Waals surface area contributed by atoms with E-state index in [-0.39, 0.29) is 0 Å². The molecule has 0 aliphatic carbocycles. The number of thioether (sulfide) groups is 1. The molecule has 0 aromatic rings. The topological polar surface area (TPSA) is 37.3 Å². The Kier molecular flexibility index (Phi) is 58.3. The third kappa shape index (κ3) is 61.8. The summed E-state index contributed by atoms with van der Waals surface area (Å²) < 4.78 is 0. The van der Waals surface area contributed by atoms with Crippen molar-refractivity contribution in [1.82, 2.24) is 0 Å². The van der Waals surface area contributed by atoms with Crippen LogP contribution in [0.4, 0.5) is 0 Å². The standard InChI is InChI=1S/C36H70S.C18H34O2/c1-3-5-7-9-11-13-15-17-19-21-23-25-27-29-31-33-35-37-36-34-32-30-28-26-24-22-20-18-16-14-12-10-8-6-4-2;1-2-3-4-5-6-7-8-9-10-11-12-13-14-15-16-17-18(19)20/h17-20H,3-16,21-36H2,1-2H3;9-10H,2-8,11-17H2,1H3,(H,19,20)/b19-17-,20-18-;10-9-. The zero-order valence-corrected chi connectivity index (χ0v) is 40.2. The van der Waals surface area contributed by atoms with Crippen LogP contribution in [0.5, 0.6) is 0 Å². The number of hydrogen-bond donors (Lipinski definition) is 1. The van der Waals surface area contributed by atoms with Crippen LogP contribution in [0.1, 0.15) is 290 Å². The Balaban J connectivity index is 0. The fourth-order valence-electron chi connectivity index (χ4n) is 7.35. The van der Waals surface area contributed by atoms with E-state index in [1.54, 1.807) is 0 Å². The predicted octanol–water partition coefficient (Wildman–Crippen LogP) is 19.9. The fourth-order valence-corrected chi connectivity index (χ4v) is 8.37. The summed E-state index contributed by atoms with van der Waals surface area (Å²) in [7, 11) is 0. The molecule has 1 N–H and O–H groups in total. The predicted molar refractivity (Wildman–Crippen MR) is 263 cm³/mol. The molecule has 57 heavy (non-hydrogen) atoms. The van der Waals surface area contributed by atoms with Crippen LogP contribution in [0.25, 0.3) is 0 Å². The maximum atomic E-state index is 10.3. The summed E-state index contributed by atoms with van der Waals surface area (Å²) in [6, 6.07) is 0. The van der Waals surface area contributed by atoms with E-state index >= 15 is 0 Å². The molecular weight excluding hydrogens is 713 g/mol. The van der Waals surface area contributed by atoms with E-state index in [2.05, 4.69) is 69.0 Å². The highest BCUT2D eigenvalue weighted by molar-refractivity contribution is 7.99. The normalized spacial score (nSPS) is 11.7. The van der Waals surface area contributed by atoms with Gasteiger partial charge in [-0.05, 0) is 108 Å². The molecule has 0 fully saturated rings. The van der Waals surface area contributed by atoms with E-state index in [4.69, 9.17) is 5.11 Å². The minimum atomic E-state index is -0.664. The zero-order chi connectivity index (χ0) is 41.6. The van der Waals surface area contributed by atoms with Gasteiger partial charge in [-0.25, -0.2) is 0 Å². The summed E-state index contributed by atoms with van der Waals surface area (Å²) >= 11 is 2.21. The summed E-state index contributed by atoms with van der Waals surface area (Å²) in [6.45, 7) is 6.85. The molecule has 0 aliphatic heterocycles. The summed E-state index contributed by atoms with van der Waals surface area (Å²) in [4.78, 5) is 10.3. The van der Waals surface area contributed by atoms with Crippen LogP contribution in [0.3, 0.4) is 0 Å². The molecule has 0 heterocycles. The van der Waals surface area contributed by atoms with Gasteiger partial charge in [0.2, 0.25) is 0 Å². The van der Waals surface area contributed by atoms with Crippen molar-refractivity contribution in [3.63, 3.8) is 0 Å². The molecule has 0 aliphatic rings. The second-order valence-corrected chi connectivity index (χ2v) is 18.4. The monoisotopic (exact) mass is 817 g/mol. The van der Waals surface area contributed by atoms with Crippen molar-refractivity contribution in [2.45, 2.75) is 290 Å². The van der Waals surface area contributed by atoms with Gasteiger partial charge in [0.05, 0.1) is 0 Å². The molecular formula is C54H104O2S. The van der Waals surface area contributed by atoms with Crippen molar-refractivity contribution < 1.29 is 9.90 Å². The van der Waals surface area contributed by atoms with E-state index in [0.717, 1.165) is 12.8 Å². The third-order valence-electron chi connectivity index (χ3n) is 11.3. The van der Waals surface area contributed by atoms with Crippen molar-refractivity contribution in [2.24, 2.45) is 0 Å². The molecule has 0 spiro atoms. The second-order valence-electron chi connectivity index (χ2n) is 17.2. The first-order chi connectivity index (χ1) is 28.2. The van der Waals surface area contributed by atoms with E-state index in [9.17, 15) is 4.79 Å². The van der Waals surface area contributed by atoms with Crippen LogP contribution < -0.4 is 0 Å². The van der Waals surface area contributed by atoms with E-state index in [1.165, 1.54) is 262 Å². The first-order valence-corrected chi connectivity index (χ1v) is 27.1. The highest BCUT2D eigenvalue weighted by Crippen LogP contribution is 2.15. The van der Waals surface area contributed by atoms with Crippen molar-refractivity contribution >= 4 is 17.7 Å². The number of carboxylic acids is 1. The van der Waals surface area contributed by atoms with Crippen molar-refractivity contribution in [1.29, 1.82) is 0 Å². The Morgan fingerprint density at radius 2 is 0.526 bits per heavy atom. The average molecular weight is 817 g/mol. The van der Waals surface area contributed by atoms with Crippen LogP contribution >= 0.6 is 11.8 Å². The summed E-state index contributed by atoms with van der Waals surface area (Å²) in [6.07, 6.45) is 70.5. The third-order valence-corrected chi connectivity index (χ3v) is 12.4. The second kappa shape index (κ2) is 57.1. The van der Waals surface area contributed by atoms with Gasteiger partial charge in [0.25, 0.3) is 0 Å². The first-order valence-electron chi connectivity index (χ1n) is 25.9. The van der Waals surface area contributed by atoms with Gasteiger partial charge in [0.15, 0.2) is 0 Å². The Hall–Kier alpha value is -0.960. The SMILES string of the molecule is CCCCCCCC/C=C\CCCCCCCC(=O)O.CCCCCCCC/C=C\CCCCCCCCSCCCCCCCC/C=C\CCCCCCCC. The van der Waals surface area contributed by atoms with Crippen LogP contribution in [-0.2, 0) is 4.79 Å². The van der Waals surface area contributed by atoms with Gasteiger partial charge in [-0.3, -0.25) is 4.79 Å². The lowest BCUT2D eigenvalue weighted by atomic mass is 10.1. The van der Waals surface area contributed by atoms with E-state index in [0.29, 0.717) is 6.42 Å². The summed E-state index contributed by atoms with van der Waals surface area (Å²) in [5, 5.41) is 8.51. The maximum Gasteiger partial charge on any atom is 0.303 e. The molecule has 0 amide bonds. The average Bonchev–Trinajstić information content (AvgIpc) is 3.21. The molecule has 2 nitrogen and oxygen atoms in total. The number of carboxylic acid groups (broad SMARTS) is 1. The molecule has 0 unspecified atom stereocenters. The number of unbranched alkanes of at least 4 members (excludes halogenated alkanes) is 35. The van der Waals surface area contributed by atoms with Crippen molar-refractivity contribution in [3.05, 3.63) is 36.5 Å². The van der Waals surface area contributed by atoms with Crippen LogP contribution in [0.15, 0.2) is 36.5 Å². The molecule has 0 bridgehead atoms. The molecule has 0 aromatic heterocycles. The van der Waals surface area contributed by atoms with Crippen molar-refractivity contribution in [2.75, 3.05) is 11.5 Å². The summed E-state index contributed by atoms with van der Waals surface area (Å²) in [5.41, 5.74) is 0. The van der Waals surface area contributed by atoms with Gasteiger partial charge < -0.3 is 5.11 Å². The molecule has 0 radical (unpaired) electrons. The number of aliphatic carboxylic acids is 1. The minimum absolute atomic E-state index is 0.332. The smallest absolute Gasteiger partial charge is 0.303 e. The highest BCUT2D eigenvalue weighted by atomic mass is 32.2. The molecule has 338 valence electrons. The number of allylic oxidation sites excluding steroid dienone is 6. The van der Waals surface area contributed by atoms with Gasteiger partial charge in [0, 0.05) is 6.42 Å². The van der Waals surface area contributed by atoms with Gasteiger partial charge in [-0.15, -0.1) is 0 Å². The molecule has 3 heteroatoms. The molecule has 0 saturated heterocycles. The highest BCUT2D eigenvalue weighted by Gasteiger charge is 1.97. The van der Waals surface area contributed by atoms with Crippen molar-refractivity contribution in [3.8, 4) is 0 Å². The van der Waals surface area contributed by atoms with E-state index < -0.39 is 5.97 Å². The Bertz CT molecular complexity index is 762. The van der Waals surface area contributed by atoms with Gasteiger partial charge in [-0.2, -0.15) is 11.8 Å². The first kappa shape index (κ1) is 58.1. The zero-order valence-electron chi connectivity index (χ0n) is 39.3. The lowest BCUT2D eigenvalue weighted by Gasteiger charge is -2.03. The van der Waals surface area contributed by atoms with Gasteiger partial charge >= 0.3 is 5.97 Å². The lowest BCUT2D eigenvalue weighted by molar-refractivity contribution is -0.137. The fraction of sp³-hybridized carbons (Fsp3) is 0.870. The van der Waals surface area contributed by atoms with Gasteiger partial charge in [0.1, 0.15) is 0 Å². The van der Waals surface area contributed by atoms with Crippen LogP contribution in [0, 0.1) is 0 Å².